The third-order valence-electron chi connectivity index (χ3n) is 9.83. The smallest absolute Gasteiger partial charge is 0.410 e. The number of nitrogens with zero attached hydrogens (tertiary/aromatic N) is 8. The molecule has 2 N–H and O–H groups in total. The number of anilines is 2. The second-order valence-corrected chi connectivity index (χ2v) is 15.9. The molecule has 2 aliphatic heterocycles. The van der Waals surface area contributed by atoms with E-state index in [0.717, 1.165) is 49.1 Å². The Morgan fingerprint density at radius 1 is 1.21 bits per heavy atom. The summed E-state index contributed by atoms with van der Waals surface area (Å²) in [5.74, 6) is 1.39. The number of ether oxygens (including phenoxy) is 2. The van der Waals surface area contributed by atoms with Crippen LogP contribution in [0.1, 0.15) is 96.0 Å². The van der Waals surface area contributed by atoms with Gasteiger partial charge in [-0.3, -0.25) is 9.80 Å². The molecular weight excluding hydrogens is 630 g/mol. The van der Waals surface area contributed by atoms with Crippen LogP contribution in [0.25, 0.3) is 11.5 Å². The second-order valence-electron chi connectivity index (χ2n) is 14.8. The van der Waals surface area contributed by atoms with E-state index >= 15 is 0 Å². The molecule has 3 aromatic rings. The maximum Gasteiger partial charge on any atom is 0.410 e. The van der Waals surface area contributed by atoms with Crippen LogP contribution >= 0.6 is 11.3 Å². The summed E-state index contributed by atoms with van der Waals surface area (Å²) >= 11 is 1.47. The molecule has 0 unspecified atom stereocenters. The summed E-state index contributed by atoms with van der Waals surface area (Å²) < 4.78 is 18.1. The SMILES string of the molecule is C[C@H](Oc1nc(-c2noc([C@@]3(C)CCCc4sc(N)c(C#N)c43)n2)cc(N2C[C@H](C)N(C(=O)OC(C)(C)C)[C@@H](C)C2)n1)[C@@H]1CCCN1C. The Morgan fingerprint density at radius 2 is 1.94 bits per heavy atom. The molecule has 2 fully saturated rings. The predicted octanol–water partition coefficient (Wildman–Crippen LogP) is 5.38. The Kier molecular flexibility index (Phi) is 9.06. The average molecular weight is 678 g/mol. The Morgan fingerprint density at radius 3 is 2.58 bits per heavy atom. The molecule has 3 aromatic heterocycles. The van der Waals surface area contributed by atoms with E-state index in [1.807, 2.05) is 47.6 Å². The van der Waals surface area contributed by atoms with Gasteiger partial charge in [-0.1, -0.05) is 5.16 Å². The zero-order chi connectivity index (χ0) is 34.5. The van der Waals surface area contributed by atoms with Gasteiger partial charge >= 0.3 is 12.1 Å². The number of fused-ring (bicyclic) bond motifs is 1. The molecule has 0 radical (unpaired) electrons. The van der Waals surface area contributed by atoms with Gasteiger partial charge in [-0.25, -0.2) is 4.79 Å². The van der Waals surface area contributed by atoms with Crippen molar-refractivity contribution in [1.29, 1.82) is 5.26 Å². The molecule has 1 amide bonds. The molecule has 13 nitrogen and oxygen atoms in total. The van der Waals surface area contributed by atoms with Crippen molar-refractivity contribution in [2.45, 2.75) is 116 Å². The summed E-state index contributed by atoms with van der Waals surface area (Å²) in [5, 5.41) is 14.9. The molecular formula is C34H47N9O4S. The second kappa shape index (κ2) is 12.8. The van der Waals surface area contributed by atoms with Crippen molar-refractivity contribution in [3.05, 3.63) is 28.0 Å². The van der Waals surface area contributed by atoms with Crippen LogP contribution in [0.5, 0.6) is 6.01 Å². The van der Waals surface area contributed by atoms with E-state index < -0.39 is 11.0 Å². The first-order valence-corrected chi connectivity index (χ1v) is 17.7. The van der Waals surface area contributed by atoms with Gasteiger partial charge in [0.2, 0.25) is 11.7 Å². The minimum absolute atomic E-state index is 0.137. The van der Waals surface area contributed by atoms with Gasteiger partial charge in [0.15, 0.2) is 0 Å². The van der Waals surface area contributed by atoms with Crippen molar-refractivity contribution < 1.29 is 18.8 Å². The highest BCUT2D eigenvalue weighted by Crippen LogP contribution is 2.48. The molecule has 5 atom stereocenters. The lowest BCUT2D eigenvalue weighted by molar-refractivity contribution is 0.00557. The van der Waals surface area contributed by atoms with Gasteiger partial charge in [-0.05, 0) is 94.2 Å². The molecule has 0 spiro atoms. The summed E-state index contributed by atoms with van der Waals surface area (Å²) in [5.41, 5.74) is 6.87. The third kappa shape index (κ3) is 6.42. The number of piperazine rings is 1. The number of aryl methyl sites for hydroxylation is 1. The number of nitrogen functional groups attached to an aromatic ring is 1. The van der Waals surface area contributed by atoms with Gasteiger partial charge in [0, 0.05) is 35.6 Å². The topological polar surface area (TPSA) is 160 Å². The van der Waals surface area contributed by atoms with E-state index in [1.165, 1.54) is 11.3 Å². The van der Waals surface area contributed by atoms with E-state index in [2.05, 4.69) is 35.0 Å². The number of hydrogen-bond donors (Lipinski definition) is 1. The summed E-state index contributed by atoms with van der Waals surface area (Å²) in [6, 6.07) is 4.38. The molecule has 258 valence electrons. The van der Waals surface area contributed by atoms with Crippen molar-refractivity contribution in [2.75, 3.05) is 37.3 Å². The minimum Gasteiger partial charge on any atom is -0.459 e. The van der Waals surface area contributed by atoms with E-state index in [1.54, 1.807) is 4.90 Å². The highest BCUT2D eigenvalue weighted by molar-refractivity contribution is 7.16. The molecule has 0 aromatic carbocycles. The lowest BCUT2D eigenvalue weighted by Crippen LogP contribution is -2.59. The van der Waals surface area contributed by atoms with Gasteiger partial charge in [-0.15, -0.1) is 11.3 Å². The largest absolute Gasteiger partial charge is 0.459 e. The van der Waals surface area contributed by atoms with Gasteiger partial charge < -0.3 is 24.6 Å². The van der Waals surface area contributed by atoms with Crippen LogP contribution in [0.4, 0.5) is 15.6 Å². The maximum absolute atomic E-state index is 13.1. The number of carbonyl (C=O) groups is 1. The zero-order valence-corrected chi connectivity index (χ0v) is 30.1. The van der Waals surface area contributed by atoms with E-state index in [0.29, 0.717) is 46.9 Å². The van der Waals surface area contributed by atoms with Gasteiger partial charge in [0.25, 0.3) is 0 Å². The lowest BCUT2D eigenvalue weighted by atomic mass is 9.72. The molecule has 6 rings (SSSR count). The number of nitrogens with two attached hydrogens (primary N) is 1. The van der Waals surface area contributed by atoms with Crippen molar-refractivity contribution in [1.82, 2.24) is 29.9 Å². The number of hydrogen-bond acceptors (Lipinski definition) is 13. The highest BCUT2D eigenvalue weighted by atomic mass is 32.1. The summed E-state index contributed by atoms with van der Waals surface area (Å²) in [6.07, 6.45) is 4.23. The number of carbonyl (C=O) groups excluding carboxylic acids is 1. The Hall–Kier alpha value is -3.96. The van der Waals surface area contributed by atoms with Crippen LogP contribution < -0.4 is 15.4 Å². The normalized spacial score (nSPS) is 25.4. The van der Waals surface area contributed by atoms with Crippen LogP contribution in [-0.4, -0.2) is 92.5 Å². The van der Waals surface area contributed by atoms with Crippen molar-refractivity contribution >= 4 is 28.2 Å². The Bertz CT molecular complexity index is 1700. The van der Waals surface area contributed by atoms with Crippen molar-refractivity contribution in [2.24, 2.45) is 0 Å². The predicted molar refractivity (Wildman–Crippen MR) is 183 cm³/mol. The minimum atomic E-state index is -0.655. The third-order valence-corrected chi connectivity index (χ3v) is 10.9. The molecule has 5 heterocycles. The fourth-order valence-electron chi connectivity index (χ4n) is 7.56. The average Bonchev–Trinajstić information content (AvgIpc) is 3.74. The number of thiophene rings is 1. The quantitative estimate of drug-likeness (QED) is 0.355. The van der Waals surface area contributed by atoms with Crippen LogP contribution in [-0.2, 0) is 16.6 Å². The van der Waals surface area contributed by atoms with Crippen LogP contribution in [0.15, 0.2) is 10.6 Å². The first kappa shape index (κ1) is 33.9. The standard InChI is InChI=1S/C34H47N9O4S/c1-19-17-42(18-20(2)43(19)32(44)46-33(4,5)6)26-15-23(37-31(38-26)45-21(3)24-11-10-14-41(24)8)29-39-30(47-40-29)34(7)13-9-12-25-27(34)22(16-35)28(36)48-25/h15,19-21,24H,9-14,17-18,36H2,1-8H3/t19-,20-,21-,24-,34-/m0/s1. The fraction of sp³-hybridized carbons (Fsp3) is 0.647. The summed E-state index contributed by atoms with van der Waals surface area (Å²) in [7, 11) is 2.12. The van der Waals surface area contributed by atoms with Crippen molar-refractivity contribution in [3.63, 3.8) is 0 Å². The Balaban J connectivity index is 1.34. The number of likely N-dealkylation sites (N-methyl/N-ethyl adjacent to an activating group) is 1. The molecule has 0 bridgehead atoms. The first-order chi connectivity index (χ1) is 22.7. The molecule has 2 saturated heterocycles. The van der Waals surface area contributed by atoms with Crippen LogP contribution in [0, 0.1) is 11.3 Å². The fourth-order valence-corrected chi connectivity index (χ4v) is 8.75. The summed E-state index contributed by atoms with van der Waals surface area (Å²) in [4.78, 5) is 35.0. The number of amides is 1. The summed E-state index contributed by atoms with van der Waals surface area (Å²) in [6.45, 7) is 15.9. The van der Waals surface area contributed by atoms with Crippen molar-refractivity contribution in [3.8, 4) is 23.6 Å². The highest BCUT2D eigenvalue weighted by Gasteiger charge is 2.43. The van der Waals surface area contributed by atoms with Crippen LogP contribution in [0.3, 0.4) is 0 Å². The maximum atomic E-state index is 13.1. The number of nitriles is 1. The molecule has 3 aliphatic rings. The zero-order valence-electron chi connectivity index (χ0n) is 29.2. The number of rotatable bonds is 6. The monoisotopic (exact) mass is 677 g/mol. The molecule has 48 heavy (non-hydrogen) atoms. The molecule has 14 heteroatoms. The van der Waals surface area contributed by atoms with E-state index in [-0.39, 0.29) is 36.3 Å². The van der Waals surface area contributed by atoms with E-state index in [4.69, 9.17) is 34.7 Å². The Labute approximate surface area is 286 Å². The van der Waals surface area contributed by atoms with Crippen LogP contribution in [0.2, 0.25) is 0 Å². The van der Waals surface area contributed by atoms with Gasteiger partial charge in [0.1, 0.15) is 34.3 Å². The molecule has 1 aliphatic carbocycles. The van der Waals surface area contributed by atoms with Gasteiger partial charge in [-0.2, -0.15) is 20.2 Å². The number of aromatic nitrogens is 4. The number of likely N-dealkylation sites (tertiary alicyclic amines) is 1. The molecule has 0 saturated carbocycles. The lowest BCUT2D eigenvalue weighted by Gasteiger charge is -2.44. The van der Waals surface area contributed by atoms with E-state index in [9.17, 15) is 10.1 Å². The van der Waals surface area contributed by atoms with Gasteiger partial charge in [0.05, 0.1) is 23.1 Å². The first-order valence-electron chi connectivity index (χ1n) is 16.9.